The lowest BCUT2D eigenvalue weighted by atomic mass is 10.1. The van der Waals surface area contributed by atoms with E-state index in [1.165, 1.54) is 12.3 Å². The first kappa shape index (κ1) is 20.8. The van der Waals surface area contributed by atoms with Crippen molar-refractivity contribution in [2.45, 2.75) is 6.92 Å². The van der Waals surface area contributed by atoms with Crippen LogP contribution in [0.2, 0.25) is 0 Å². The lowest BCUT2D eigenvalue weighted by Crippen LogP contribution is -2.03. The van der Waals surface area contributed by atoms with Gasteiger partial charge in [-0.15, -0.1) is 0 Å². The summed E-state index contributed by atoms with van der Waals surface area (Å²) in [6.45, 7) is 1.99. The Kier molecular flexibility index (Phi) is 5.40. The van der Waals surface area contributed by atoms with Gasteiger partial charge in [0, 0.05) is 11.3 Å². The molecule has 0 amide bonds. The van der Waals surface area contributed by atoms with Gasteiger partial charge in [0.15, 0.2) is 11.6 Å². The van der Waals surface area contributed by atoms with E-state index in [9.17, 15) is 9.90 Å². The lowest BCUT2D eigenvalue weighted by molar-refractivity contribution is 0.0697. The molecule has 168 valence electrons. The van der Waals surface area contributed by atoms with E-state index in [0.29, 0.717) is 28.7 Å². The highest BCUT2D eigenvalue weighted by molar-refractivity contribution is 5.89. The van der Waals surface area contributed by atoms with E-state index >= 15 is 0 Å². The molecular weight excluding hydrogens is 438 g/mol. The van der Waals surface area contributed by atoms with Crippen LogP contribution in [-0.4, -0.2) is 37.6 Å². The van der Waals surface area contributed by atoms with Crippen molar-refractivity contribution >= 4 is 40.8 Å². The largest absolute Gasteiger partial charge is 0.478 e. The number of carboxylic acids is 1. The molecule has 0 aliphatic rings. The summed E-state index contributed by atoms with van der Waals surface area (Å²) in [5.41, 5.74) is 6.04. The molecule has 3 heterocycles. The number of nitrogens with zero attached hydrogens (tertiary/aromatic N) is 5. The molecule has 5 rings (SSSR count). The fourth-order valence-electron chi connectivity index (χ4n) is 3.20. The summed E-state index contributed by atoms with van der Waals surface area (Å²) in [6, 6.07) is 17.7. The summed E-state index contributed by atoms with van der Waals surface area (Å²) in [4.78, 5) is 20.0. The van der Waals surface area contributed by atoms with E-state index in [0.717, 1.165) is 11.3 Å². The highest BCUT2D eigenvalue weighted by atomic mass is 16.6. The van der Waals surface area contributed by atoms with Crippen LogP contribution in [0.1, 0.15) is 21.7 Å². The van der Waals surface area contributed by atoms with Gasteiger partial charge in [0.25, 0.3) is 0 Å². The van der Waals surface area contributed by atoms with Gasteiger partial charge in [0.1, 0.15) is 11.5 Å². The number of furan rings is 1. The van der Waals surface area contributed by atoms with Crippen molar-refractivity contribution in [2.24, 2.45) is 5.10 Å². The first-order chi connectivity index (χ1) is 16.5. The van der Waals surface area contributed by atoms with Crippen LogP contribution in [0.4, 0.5) is 17.3 Å². The fraction of sp³-hybridized carbons (Fsp3) is 0.0435. The number of carboxylic acid groups (broad SMARTS) is 1. The molecule has 11 heteroatoms. The Labute approximate surface area is 192 Å². The molecule has 11 nitrogen and oxygen atoms in total. The fourth-order valence-corrected chi connectivity index (χ4v) is 3.20. The molecule has 0 fully saturated rings. The molecule has 0 bridgehead atoms. The molecule has 0 saturated carbocycles. The van der Waals surface area contributed by atoms with E-state index in [1.54, 1.807) is 30.3 Å². The van der Waals surface area contributed by atoms with Crippen LogP contribution in [0.15, 0.2) is 74.8 Å². The zero-order valence-electron chi connectivity index (χ0n) is 17.8. The number of fused-ring (bicyclic) bond motifs is 1. The van der Waals surface area contributed by atoms with Crippen LogP contribution in [0.3, 0.4) is 0 Å². The smallest absolute Gasteiger partial charge is 0.335 e. The monoisotopic (exact) mass is 455 g/mol. The van der Waals surface area contributed by atoms with Crippen LogP contribution < -0.4 is 10.7 Å². The number of aryl methyl sites for hydroxylation is 1. The third-order valence-corrected chi connectivity index (χ3v) is 4.78. The number of hydrazone groups is 1. The molecule has 2 aromatic carbocycles. The zero-order valence-corrected chi connectivity index (χ0v) is 17.8. The van der Waals surface area contributed by atoms with Crippen LogP contribution in [0, 0.1) is 6.92 Å². The first-order valence-electron chi connectivity index (χ1n) is 10.1. The van der Waals surface area contributed by atoms with Crippen LogP contribution in [0.25, 0.3) is 22.6 Å². The van der Waals surface area contributed by atoms with E-state index in [2.05, 4.69) is 36.1 Å². The maximum atomic E-state index is 11.2. The minimum Gasteiger partial charge on any atom is -0.478 e. The normalized spacial score (nSPS) is 11.2. The average molecular weight is 455 g/mol. The van der Waals surface area contributed by atoms with Crippen molar-refractivity contribution in [3.63, 3.8) is 0 Å². The number of carbonyl (C=O) groups is 1. The summed E-state index contributed by atoms with van der Waals surface area (Å²) in [7, 11) is 0. The quantitative estimate of drug-likeness (QED) is 0.237. The Bertz CT molecular complexity index is 1520. The topological polar surface area (TPSA) is 152 Å². The standard InChI is InChI=1S/C23H17N7O4/c1-13-4-2-7-16(10-13)25-19-20(27-22-21(26-19)29-34-30-22)28-24-12-17-8-9-18(33-17)14-5-3-6-15(11-14)23(31)32/h2-12H,1H3,(H,31,32)(H,25,26,29)(H,27,28,30)/b24-12-. The number of nitrogens with one attached hydrogen (secondary N) is 2. The Morgan fingerprint density at radius 3 is 2.59 bits per heavy atom. The maximum Gasteiger partial charge on any atom is 0.335 e. The van der Waals surface area contributed by atoms with Gasteiger partial charge in [0.2, 0.25) is 11.3 Å². The highest BCUT2D eigenvalue weighted by Crippen LogP contribution is 2.25. The minimum absolute atomic E-state index is 0.177. The van der Waals surface area contributed by atoms with Gasteiger partial charge in [-0.25, -0.2) is 14.4 Å². The Balaban J connectivity index is 1.37. The van der Waals surface area contributed by atoms with Gasteiger partial charge in [-0.05, 0) is 59.2 Å². The number of hydrogen-bond acceptors (Lipinski definition) is 10. The second-order valence-corrected chi connectivity index (χ2v) is 7.28. The number of hydrogen-bond donors (Lipinski definition) is 3. The molecule has 0 aliphatic heterocycles. The summed E-state index contributed by atoms with van der Waals surface area (Å²) >= 11 is 0. The molecule has 0 radical (unpaired) electrons. The Hall–Kier alpha value is -5.06. The molecule has 5 aromatic rings. The van der Waals surface area contributed by atoms with Crippen molar-refractivity contribution in [2.75, 3.05) is 10.7 Å². The number of aromatic nitrogens is 4. The van der Waals surface area contributed by atoms with E-state index < -0.39 is 5.97 Å². The predicted molar refractivity (Wildman–Crippen MR) is 124 cm³/mol. The summed E-state index contributed by atoms with van der Waals surface area (Å²) in [5, 5.41) is 24.0. The number of benzene rings is 2. The van der Waals surface area contributed by atoms with Crippen molar-refractivity contribution in [1.82, 2.24) is 20.3 Å². The van der Waals surface area contributed by atoms with Crippen molar-refractivity contribution < 1.29 is 18.9 Å². The average Bonchev–Trinajstić information content (AvgIpc) is 3.49. The van der Waals surface area contributed by atoms with Gasteiger partial charge in [-0.2, -0.15) is 10.1 Å². The van der Waals surface area contributed by atoms with Crippen molar-refractivity contribution in [1.29, 1.82) is 0 Å². The van der Waals surface area contributed by atoms with Crippen molar-refractivity contribution in [3.8, 4) is 11.3 Å². The molecule has 0 saturated heterocycles. The van der Waals surface area contributed by atoms with Crippen LogP contribution in [-0.2, 0) is 0 Å². The number of anilines is 3. The number of aromatic carboxylic acids is 1. The second-order valence-electron chi connectivity index (χ2n) is 7.28. The summed E-state index contributed by atoms with van der Waals surface area (Å²) in [5.74, 6) is 0.656. The zero-order chi connectivity index (χ0) is 23.5. The molecule has 3 N–H and O–H groups in total. The minimum atomic E-state index is -1.00. The number of rotatable bonds is 7. The Morgan fingerprint density at radius 2 is 1.79 bits per heavy atom. The molecule has 0 aliphatic carbocycles. The van der Waals surface area contributed by atoms with Gasteiger partial charge in [-0.1, -0.05) is 24.3 Å². The van der Waals surface area contributed by atoms with Gasteiger partial charge in [-0.3, -0.25) is 5.43 Å². The molecule has 0 spiro atoms. The van der Waals surface area contributed by atoms with E-state index in [-0.39, 0.29) is 16.9 Å². The molecule has 0 atom stereocenters. The third-order valence-electron chi connectivity index (χ3n) is 4.78. The van der Waals surface area contributed by atoms with E-state index in [1.807, 2.05) is 31.2 Å². The SMILES string of the molecule is Cc1cccc(Nc2nc3nonc3nc2N/N=C\c2ccc(-c3cccc(C(=O)O)c3)o2)c1. The van der Waals surface area contributed by atoms with Gasteiger partial charge in [0.05, 0.1) is 11.8 Å². The second kappa shape index (κ2) is 8.82. The maximum absolute atomic E-state index is 11.2. The van der Waals surface area contributed by atoms with Crippen molar-refractivity contribution in [3.05, 3.63) is 77.6 Å². The molecule has 3 aromatic heterocycles. The summed E-state index contributed by atoms with van der Waals surface area (Å²) < 4.78 is 10.5. The van der Waals surface area contributed by atoms with Gasteiger partial charge >= 0.3 is 5.97 Å². The van der Waals surface area contributed by atoms with Gasteiger partial charge < -0.3 is 14.8 Å². The third kappa shape index (κ3) is 4.43. The van der Waals surface area contributed by atoms with Crippen LogP contribution in [0.5, 0.6) is 0 Å². The first-order valence-corrected chi connectivity index (χ1v) is 10.1. The molecule has 0 unspecified atom stereocenters. The predicted octanol–water partition coefficient (Wildman–Crippen LogP) is 4.47. The Morgan fingerprint density at radius 1 is 1.00 bits per heavy atom. The summed E-state index contributed by atoms with van der Waals surface area (Å²) in [6.07, 6.45) is 1.47. The lowest BCUT2D eigenvalue weighted by Gasteiger charge is -2.09. The molecule has 34 heavy (non-hydrogen) atoms. The van der Waals surface area contributed by atoms with Crippen LogP contribution >= 0.6 is 0 Å². The van der Waals surface area contributed by atoms with E-state index in [4.69, 9.17) is 9.05 Å². The highest BCUT2D eigenvalue weighted by Gasteiger charge is 2.13. The molecular formula is C23H17N7O4.